The molecule has 3 aromatic rings. The van der Waals surface area contributed by atoms with Crippen molar-refractivity contribution in [2.45, 2.75) is 6.92 Å². The number of hydrogen-bond acceptors (Lipinski definition) is 4. The Balaban J connectivity index is 1.50. The van der Waals surface area contributed by atoms with Gasteiger partial charge in [-0.25, -0.2) is 0 Å². The van der Waals surface area contributed by atoms with Gasteiger partial charge in [0.15, 0.2) is 11.7 Å². The van der Waals surface area contributed by atoms with E-state index in [0.29, 0.717) is 11.3 Å². The SMILES string of the molecule is Cc1ccc(C(=O)NC(=S)NNC(=O)COc2ccc3cc(Br)ccc3c2Br)cc1Br. The van der Waals surface area contributed by atoms with Gasteiger partial charge in [-0.05, 0) is 81.7 Å². The van der Waals surface area contributed by atoms with Gasteiger partial charge in [0.1, 0.15) is 5.75 Å². The third kappa shape index (κ3) is 6.25. The molecule has 0 heterocycles. The predicted octanol–water partition coefficient (Wildman–Crippen LogP) is 5.15. The maximum absolute atomic E-state index is 12.2. The Kier molecular flexibility index (Phi) is 8.04. The highest BCUT2D eigenvalue weighted by molar-refractivity contribution is 9.11. The van der Waals surface area contributed by atoms with Crippen LogP contribution < -0.4 is 20.9 Å². The summed E-state index contributed by atoms with van der Waals surface area (Å²) < 4.78 is 8.15. The van der Waals surface area contributed by atoms with Crippen LogP contribution in [0.25, 0.3) is 10.8 Å². The highest BCUT2D eigenvalue weighted by Gasteiger charge is 2.12. The first-order valence-corrected chi connectivity index (χ1v) is 11.7. The van der Waals surface area contributed by atoms with Gasteiger partial charge >= 0.3 is 0 Å². The molecule has 0 bridgehead atoms. The third-order valence-electron chi connectivity index (χ3n) is 4.22. The van der Waals surface area contributed by atoms with E-state index in [0.717, 1.165) is 29.8 Å². The van der Waals surface area contributed by atoms with Gasteiger partial charge in [0.2, 0.25) is 0 Å². The first-order valence-electron chi connectivity index (χ1n) is 8.91. The second kappa shape index (κ2) is 10.5. The number of hydrazine groups is 1. The zero-order chi connectivity index (χ0) is 22.5. The number of nitrogens with one attached hydrogen (secondary N) is 3. The average Bonchev–Trinajstić information content (AvgIpc) is 2.73. The maximum atomic E-state index is 12.2. The lowest BCUT2D eigenvalue weighted by Crippen LogP contribution is -2.49. The molecule has 0 atom stereocenters. The quantitative estimate of drug-likeness (QED) is 0.275. The van der Waals surface area contributed by atoms with Crippen LogP contribution in [0.15, 0.2) is 61.9 Å². The monoisotopic (exact) mass is 627 g/mol. The van der Waals surface area contributed by atoms with Crippen LogP contribution in [0.4, 0.5) is 0 Å². The van der Waals surface area contributed by atoms with E-state index in [1.54, 1.807) is 18.2 Å². The molecule has 160 valence electrons. The Morgan fingerprint density at radius 2 is 1.77 bits per heavy atom. The van der Waals surface area contributed by atoms with Crippen molar-refractivity contribution < 1.29 is 14.3 Å². The molecule has 3 rings (SSSR count). The summed E-state index contributed by atoms with van der Waals surface area (Å²) in [5, 5.41) is 4.46. The Labute approximate surface area is 209 Å². The summed E-state index contributed by atoms with van der Waals surface area (Å²) in [7, 11) is 0. The number of hydrogen-bond donors (Lipinski definition) is 3. The Hall–Kier alpha value is -2.01. The fourth-order valence-corrected chi connectivity index (χ4v) is 4.11. The van der Waals surface area contributed by atoms with Gasteiger partial charge in [0.05, 0.1) is 4.47 Å². The number of carbonyl (C=O) groups excluding carboxylic acids is 2. The lowest BCUT2D eigenvalue weighted by Gasteiger charge is -2.13. The van der Waals surface area contributed by atoms with Crippen molar-refractivity contribution >= 4 is 87.7 Å². The molecule has 0 aliphatic heterocycles. The van der Waals surface area contributed by atoms with Crippen LogP contribution in [0.2, 0.25) is 0 Å². The molecule has 0 saturated carbocycles. The molecule has 31 heavy (non-hydrogen) atoms. The number of thiocarbonyl (C=S) groups is 1. The normalized spacial score (nSPS) is 10.5. The summed E-state index contributed by atoms with van der Waals surface area (Å²) >= 11 is 15.4. The highest BCUT2D eigenvalue weighted by Crippen LogP contribution is 2.34. The van der Waals surface area contributed by atoms with Gasteiger partial charge in [-0.1, -0.05) is 50.1 Å². The van der Waals surface area contributed by atoms with Gasteiger partial charge in [-0.3, -0.25) is 25.8 Å². The number of aryl methyl sites for hydroxylation is 1. The number of fused-ring (bicyclic) bond motifs is 1. The number of amides is 2. The van der Waals surface area contributed by atoms with Crippen LogP contribution in [-0.4, -0.2) is 23.5 Å². The van der Waals surface area contributed by atoms with E-state index >= 15 is 0 Å². The van der Waals surface area contributed by atoms with Crippen molar-refractivity contribution in [3.05, 3.63) is 73.1 Å². The van der Waals surface area contributed by atoms with Crippen LogP contribution in [0, 0.1) is 6.92 Å². The fourth-order valence-electron chi connectivity index (χ4n) is 2.60. The Bertz CT molecular complexity index is 1190. The van der Waals surface area contributed by atoms with E-state index in [4.69, 9.17) is 17.0 Å². The van der Waals surface area contributed by atoms with Crippen molar-refractivity contribution in [1.82, 2.24) is 16.2 Å². The summed E-state index contributed by atoms with van der Waals surface area (Å²) in [6, 6.07) is 14.8. The van der Waals surface area contributed by atoms with Crippen LogP contribution in [0.1, 0.15) is 15.9 Å². The zero-order valence-corrected chi connectivity index (χ0v) is 21.7. The van der Waals surface area contributed by atoms with Gasteiger partial charge < -0.3 is 4.74 Å². The van der Waals surface area contributed by atoms with E-state index in [9.17, 15) is 9.59 Å². The van der Waals surface area contributed by atoms with E-state index in [2.05, 4.69) is 64.0 Å². The molecular weight excluding hydrogens is 614 g/mol. The van der Waals surface area contributed by atoms with Crippen LogP contribution in [0.5, 0.6) is 5.75 Å². The zero-order valence-electron chi connectivity index (χ0n) is 16.1. The molecule has 2 amide bonds. The average molecular weight is 630 g/mol. The first kappa shape index (κ1) is 23.6. The lowest BCUT2D eigenvalue weighted by atomic mass is 10.1. The molecule has 3 aromatic carbocycles. The topological polar surface area (TPSA) is 79.5 Å². The fraction of sp³-hybridized carbons (Fsp3) is 0.0952. The summed E-state index contributed by atoms with van der Waals surface area (Å²) in [4.78, 5) is 24.3. The minimum absolute atomic E-state index is 0.0347. The van der Waals surface area contributed by atoms with Crippen molar-refractivity contribution in [3.8, 4) is 5.75 Å². The summed E-state index contributed by atoms with van der Waals surface area (Å²) in [6.45, 7) is 1.68. The highest BCUT2D eigenvalue weighted by atomic mass is 79.9. The van der Waals surface area contributed by atoms with E-state index in [1.807, 2.05) is 37.3 Å². The third-order valence-corrected chi connectivity index (χ3v) is 6.59. The minimum Gasteiger partial charge on any atom is -0.483 e. The molecule has 0 saturated heterocycles. The molecule has 0 aliphatic carbocycles. The molecule has 3 N–H and O–H groups in total. The smallest absolute Gasteiger partial charge is 0.276 e. The molecule has 0 aromatic heterocycles. The van der Waals surface area contributed by atoms with E-state index in [-0.39, 0.29) is 11.7 Å². The molecule has 0 spiro atoms. The number of carbonyl (C=O) groups is 2. The largest absolute Gasteiger partial charge is 0.483 e. The molecule has 6 nitrogen and oxygen atoms in total. The lowest BCUT2D eigenvalue weighted by molar-refractivity contribution is -0.123. The maximum Gasteiger partial charge on any atom is 0.276 e. The van der Waals surface area contributed by atoms with Gasteiger partial charge in [0, 0.05) is 14.5 Å². The van der Waals surface area contributed by atoms with Crippen molar-refractivity contribution in [2.24, 2.45) is 0 Å². The Morgan fingerprint density at radius 3 is 2.52 bits per heavy atom. The van der Waals surface area contributed by atoms with Crippen LogP contribution in [-0.2, 0) is 4.79 Å². The molecule has 0 unspecified atom stereocenters. The Morgan fingerprint density at radius 1 is 1.00 bits per heavy atom. The number of halogens is 3. The van der Waals surface area contributed by atoms with Gasteiger partial charge in [-0.2, -0.15) is 0 Å². The van der Waals surface area contributed by atoms with E-state index in [1.165, 1.54) is 0 Å². The van der Waals surface area contributed by atoms with Crippen molar-refractivity contribution in [2.75, 3.05) is 6.61 Å². The summed E-state index contributed by atoms with van der Waals surface area (Å²) in [6.07, 6.45) is 0. The van der Waals surface area contributed by atoms with Crippen LogP contribution >= 0.6 is 60.0 Å². The molecular formula is C21H16Br3N3O3S. The van der Waals surface area contributed by atoms with Crippen LogP contribution in [0.3, 0.4) is 0 Å². The number of benzene rings is 3. The summed E-state index contributed by atoms with van der Waals surface area (Å²) in [5.41, 5.74) is 6.32. The van der Waals surface area contributed by atoms with E-state index < -0.39 is 11.8 Å². The first-order chi connectivity index (χ1) is 14.7. The predicted molar refractivity (Wildman–Crippen MR) is 135 cm³/mol. The number of rotatable bonds is 4. The summed E-state index contributed by atoms with van der Waals surface area (Å²) in [5.74, 6) is -0.321. The minimum atomic E-state index is -0.461. The molecule has 0 radical (unpaired) electrons. The van der Waals surface area contributed by atoms with Gasteiger partial charge in [-0.15, -0.1) is 0 Å². The van der Waals surface area contributed by atoms with Gasteiger partial charge in [0.25, 0.3) is 11.8 Å². The second-order valence-electron chi connectivity index (χ2n) is 6.45. The molecule has 0 fully saturated rings. The number of ether oxygens (including phenoxy) is 1. The van der Waals surface area contributed by atoms with Crippen molar-refractivity contribution in [3.63, 3.8) is 0 Å². The molecule has 0 aliphatic rings. The molecule has 10 heteroatoms. The standard InChI is InChI=1S/C21H16Br3N3O3S/c1-11-2-3-13(9-16(11)23)20(29)25-21(31)27-26-18(28)10-30-17-7-4-12-8-14(22)5-6-15(12)19(17)24/h2-9H,10H2,1H3,(H,26,28)(H2,25,27,29,31). The second-order valence-corrected chi connectivity index (χ2v) is 9.42. The van der Waals surface area contributed by atoms with Crippen molar-refractivity contribution in [1.29, 1.82) is 0 Å².